The summed E-state index contributed by atoms with van der Waals surface area (Å²) in [7, 11) is 0. The van der Waals surface area contributed by atoms with Crippen LogP contribution in [-0.2, 0) is 6.42 Å². The molecule has 0 aliphatic carbocycles. The van der Waals surface area contributed by atoms with Crippen LogP contribution in [0.3, 0.4) is 0 Å². The summed E-state index contributed by atoms with van der Waals surface area (Å²) in [6.07, 6.45) is 3.53. The maximum absolute atomic E-state index is 11.6. The maximum Gasteiger partial charge on any atom is 0.273 e. The van der Waals surface area contributed by atoms with Gasteiger partial charge in [-0.25, -0.2) is 4.98 Å². The molecule has 9 nitrogen and oxygen atoms in total. The molecule has 1 saturated heterocycles. The number of rotatable bonds is 8. The van der Waals surface area contributed by atoms with E-state index in [4.69, 9.17) is 4.74 Å². The van der Waals surface area contributed by atoms with Gasteiger partial charge in [-0.3, -0.25) is 14.9 Å². The molecule has 0 bridgehead atoms. The molecule has 164 valence electrons. The van der Waals surface area contributed by atoms with E-state index in [1.165, 1.54) is 31.0 Å². The zero-order valence-corrected chi connectivity index (χ0v) is 17.7. The molecule has 1 aromatic heterocycles. The Kier molecular flexibility index (Phi) is 6.25. The van der Waals surface area contributed by atoms with Crippen molar-refractivity contribution in [1.29, 1.82) is 0 Å². The Bertz CT molecular complexity index is 1130. The van der Waals surface area contributed by atoms with Crippen molar-refractivity contribution in [2.75, 3.05) is 23.3 Å². The molecule has 0 unspecified atom stereocenters. The molecule has 1 fully saturated rings. The molecule has 2 heterocycles. The third kappa shape index (κ3) is 4.66. The number of benzene rings is 2. The van der Waals surface area contributed by atoms with Gasteiger partial charge in [-0.05, 0) is 49.6 Å². The summed E-state index contributed by atoms with van der Waals surface area (Å²) in [5, 5.41) is 14.2. The highest BCUT2D eigenvalue weighted by molar-refractivity contribution is 5.82. The van der Waals surface area contributed by atoms with Gasteiger partial charge in [0.25, 0.3) is 5.69 Å². The number of nitrogens with zero attached hydrogens (tertiary/aromatic N) is 4. The molecule has 1 N–H and O–H groups in total. The lowest BCUT2D eigenvalue weighted by molar-refractivity contribution is -0.384. The number of carbonyl (C=O) groups is 1. The summed E-state index contributed by atoms with van der Waals surface area (Å²) in [5.41, 5.74) is 2.47. The Labute approximate surface area is 185 Å². The van der Waals surface area contributed by atoms with E-state index in [1.54, 1.807) is 6.07 Å². The van der Waals surface area contributed by atoms with E-state index < -0.39 is 4.92 Å². The number of non-ortho nitro benzene ring substituents is 1. The van der Waals surface area contributed by atoms with Crippen LogP contribution in [0, 0.1) is 10.1 Å². The van der Waals surface area contributed by atoms with Crippen molar-refractivity contribution in [2.24, 2.45) is 0 Å². The summed E-state index contributed by atoms with van der Waals surface area (Å²) < 4.78 is 5.82. The Morgan fingerprint density at radius 3 is 2.56 bits per heavy atom. The number of carbonyl (C=O) groups excluding carboxylic acids is 1. The third-order valence-electron chi connectivity index (χ3n) is 5.25. The van der Waals surface area contributed by atoms with Crippen molar-refractivity contribution in [2.45, 2.75) is 26.2 Å². The smallest absolute Gasteiger partial charge is 0.273 e. The first-order valence-corrected chi connectivity index (χ1v) is 10.5. The van der Waals surface area contributed by atoms with Gasteiger partial charge < -0.3 is 15.0 Å². The lowest BCUT2D eigenvalue weighted by Crippen LogP contribution is -2.17. The number of hydrogen-bond acceptors (Lipinski definition) is 8. The van der Waals surface area contributed by atoms with Crippen LogP contribution in [0.4, 0.5) is 22.9 Å². The molecule has 0 atom stereocenters. The fraction of sp³-hybridized carbons (Fsp3) is 0.261. The molecule has 1 aliphatic rings. The van der Waals surface area contributed by atoms with Gasteiger partial charge in [-0.1, -0.05) is 13.0 Å². The average Bonchev–Trinajstić information content (AvgIpc) is 3.35. The number of nitro groups is 1. The lowest BCUT2D eigenvalue weighted by Gasteiger charge is -2.18. The fourth-order valence-electron chi connectivity index (χ4n) is 3.60. The minimum absolute atomic E-state index is 0.0885. The topological polar surface area (TPSA) is 110 Å². The van der Waals surface area contributed by atoms with Crippen LogP contribution >= 0.6 is 0 Å². The van der Waals surface area contributed by atoms with Crippen LogP contribution in [0.2, 0.25) is 0 Å². The Morgan fingerprint density at radius 1 is 1.16 bits per heavy atom. The summed E-state index contributed by atoms with van der Waals surface area (Å²) in [4.78, 5) is 33.4. The Balaban J connectivity index is 1.61. The van der Waals surface area contributed by atoms with Gasteiger partial charge in [0.05, 0.1) is 11.0 Å². The number of aromatic nitrogens is 2. The van der Waals surface area contributed by atoms with E-state index in [0.29, 0.717) is 18.4 Å². The predicted octanol–water partition coefficient (Wildman–Crippen LogP) is 4.90. The summed E-state index contributed by atoms with van der Waals surface area (Å²) in [6.45, 7) is 3.98. The highest BCUT2D eigenvalue weighted by Crippen LogP contribution is 2.30. The van der Waals surface area contributed by atoms with Gasteiger partial charge in [0.2, 0.25) is 5.88 Å². The number of ether oxygens (including phenoxy) is 1. The van der Waals surface area contributed by atoms with Crippen molar-refractivity contribution >= 4 is 29.2 Å². The number of hydrogen-bond donors (Lipinski definition) is 1. The van der Waals surface area contributed by atoms with Gasteiger partial charge in [0.1, 0.15) is 17.1 Å². The molecule has 2 aromatic carbocycles. The van der Waals surface area contributed by atoms with E-state index in [2.05, 4.69) is 20.2 Å². The second-order valence-electron chi connectivity index (χ2n) is 7.40. The quantitative estimate of drug-likeness (QED) is 0.303. The molecule has 9 heteroatoms. The van der Waals surface area contributed by atoms with Crippen LogP contribution in [0.15, 0.2) is 48.5 Å². The summed E-state index contributed by atoms with van der Waals surface area (Å²) in [5.74, 6) is 0.712. The summed E-state index contributed by atoms with van der Waals surface area (Å²) in [6, 6.07) is 13.8. The number of aryl methyl sites for hydroxylation is 1. The lowest BCUT2D eigenvalue weighted by atomic mass is 10.2. The standard InChI is InChI=1S/C23H23N5O4/c1-2-20-23(32-19-7-5-6-18(14-19)28(30)31)26-22(21(15-29)25-20)24-16-8-10-17(11-9-16)27-12-3-4-13-27/h5-11,14-15H,2-4,12-13H2,1H3,(H,24,26). The molecule has 0 radical (unpaired) electrons. The van der Waals surface area contributed by atoms with Gasteiger partial charge >= 0.3 is 0 Å². The van der Waals surface area contributed by atoms with Crippen LogP contribution in [0.5, 0.6) is 11.6 Å². The van der Waals surface area contributed by atoms with E-state index in [-0.39, 0.29) is 28.8 Å². The number of aldehydes is 1. The number of nitro benzene ring substituents is 1. The minimum Gasteiger partial charge on any atom is -0.437 e. The van der Waals surface area contributed by atoms with E-state index >= 15 is 0 Å². The number of anilines is 3. The van der Waals surface area contributed by atoms with Crippen molar-refractivity contribution in [1.82, 2.24) is 9.97 Å². The minimum atomic E-state index is -0.493. The second kappa shape index (κ2) is 9.42. The number of nitrogens with one attached hydrogen (secondary N) is 1. The normalized spacial score (nSPS) is 13.1. The maximum atomic E-state index is 11.6. The van der Waals surface area contributed by atoms with E-state index in [9.17, 15) is 14.9 Å². The monoisotopic (exact) mass is 433 g/mol. The van der Waals surface area contributed by atoms with Gasteiger partial charge in [0, 0.05) is 30.5 Å². The predicted molar refractivity (Wildman–Crippen MR) is 121 cm³/mol. The highest BCUT2D eigenvalue weighted by Gasteiger charge is 2.17. The second-order valence-corrected chi connectivity index (χ2v) is 7.40. The largest absolute Gasteiger partial charge is 0.437 e. The molecule has 4 rings (SSSR count). The van der Waals surface area contributed by atoms with Crippen molar-refractivity contribution in [3.63, 3.8) is 0 Å². The molecular formula is C23H23N5O4. The van der Waals surface area contributed by atoms with Crippen molar-refractivity contribution in [3.05, 3.63) is 70.0 Å². The Hall–Kier alpha value is -4.01. The van der Waals surface area contributed by atoms with Crippen LogP contribution in [0.25, 0.3) is 0 Å². The average molecular weight is 433 g/mol. The summed E-state index contributed by atoms with van der Waals surface area (Å²) >= 11 is 0. The molecule has 3 aromatic rings. The van der Waals surface area contributed by atoms with Crippen molar-refractivity contribution < 1.29 is 14.5 Å². The first-order chi connectivity index (χ1) is 15.6. The van der Waals surface area contributed by atoms with Gasteiger partial charge in [0.15, 0.2) is 12.1 Å². The molecular weight excluding hydrogens is 410 g/mol. The van der Waals surface area contributed by atoms with Gasteiger partial charge in [-0.2, -0.15) is 4.98 Å². The first-order valence-electron chi connectivity index (χ1n) is 10.5. The van der Waals surface area contributed by atoms with Crippen molar-refractivity contribution in [3.8, 4) is 11.6 Å². The zero-order chi connectivity index (χ0) is 22.5. The molecule has 0 amide bonds. The van der Waals surface area contributed by atoms with Crippen LogP contribution < -0.4 is 15.0 Å². The fourth-order valence-corrected chi connectivity index (χ4v) is 3.60. The molecule has 1 aliphatic heterocycles. The molecule has 0 spiro atoms. The SMILES string of the molecule is CCc1nc(C=O)c(Nc2ccc(N3CCCC3)cc2)nc1Oc1cccc([N+](=O)[O-])c1. The highest BCUT2D eigenvalue weighted by atomic mass is 16.6. The molecule has 0 saturated carbocycles. The molecule has 32 heavy (non-hydrogen) atoms. The first kappa shape index (κ1) is 21.2. The van der Waals surface area contributed by atoms with E-state index in [0.717, 1.165) is 24.5 Å². The van der Waals surface area contributed by atoms with Crippen LogP contribution in [0.1, 0.15) is 35.9 Å². The Morgan fingerprint density at radius 2 is 1.91 bits per heavy atom. The third-order valence-corrected chi connectivity index (χ3v) is 5.25. The van der Waals surface area contributed by atoms with Gasteiger partial charge in [-0.15, -0.1) is 0 Å². The zero-order valence-electron chi connectivity index (χ0n) is 17.7. The van der Waals surface area contributed by atoms with Crippen LogP contribution in [-0.4, -0.2) is 34.3 Å². The van der Waals surface area contributed by atoms with E-state index in [1.807, 2.05) is 31.2 Å².